The molecule has 0 spiro atoms. The van der Waals surface area contributed by atoms with E-state index < -0.39 is 10.0 Å². The molecule has 4 nitrogen and oxygen atoms in total. The summed E-state index contributed by atoms with van der Waals surface area (Å²) in [5, 5.41) is 0.652. The van der Waals surface area contributed by atoms with E-state index >= 15 is 0 Å². The van der Waals surface area contributed by atoms with Gasteiger partial charge in [-0.2, -0.15) is 4.72 Å². The smallest absolute Gasteiger partial charge is 0.244 e. The van der Waals surface area contributed by atoms with Gasteiger partial charge in [0.15, 0.2) is 0 Å². The standard InChI is InChI=1S/C12H14Cl2N2O2S/c13-9-5-11-12(6-10(9)14)19(17,18)15-7-16(11)8-3-1-2-4-8/h5-6,8,15H,1-4,7H2. The van der Waals surface area contributed by atoms with E-state index in [0.717, 1.165) is 12.8 Å². The minimum Gasteiger partial charge on any atom is -0.354 e. The van der Waals surface area contributed by atoms with Crippen molar-refractivity contribution in [1.82, 2.24) is 4.72 Å². The van der Waals surface area contributed by atoms with Gasteiger partial charge < -0.3 is 4.90 Å². The summed E-state index contributed by atoms with van der Waals surface area (Å²) >= 11 is 12.0. The second-order valence-electron chi connectivity index (χ2n) is 4.95. The van der Waals surface area contributed by atoms with Crippen molar-refractivity contribution < 1.29 is 8.42 Å². The predicted molar refractivity (Wildman–Crippen MR) is 76.4 cm³/mol. The van der Waals surface area contributed by atoms with Crippen LogP contribution >= 0.6 is 23.2 Å². The van der Waals surface area contributed by atoms with Crippen molar-refractivity contribution in [1.29, 1.82) is 0 Å². The first-order chi connectivity index (χ1) is 8.99. The van der Waals surface area contributed by atoms with Crippen molar-refractivity contribution in [2.45, 2.75) is 36.6 Å². The highest BCUT2D eigenvalue weighted by Gasteiger charge is 2.33. The van der Waals surface area contributed by atoms with Crippen molar-refractivity contribution >= 4 is 38.9 Å². The Hall–Kier alpha value is -0.490. The average Bonchev–Trinajstić information content (AvgIpc) is 2.85. The van der Waals surface area contributed by atoms with Crippen LogP contribution in [0.1, 0.15) is 25.7 Å². The number of benzene rings is 1. The number of anilines is 1. The zero-order valence-corrected chi connectivity index (χ0v) is 12.5. The van der Waals surface area contributed by atoms with E-state index in [4.69, 9.17) is 23.2 Å². The molecule has 1 aromatic rings. The molecular weight excluding hydrogens is 307 g/mol. The lowest BCUT2D eigenvalue weighted by Crippen LogP contribution is -2.47. The molecule has 1 N–H and O–H groups in total. The molecule has 0 amide bonds. The molecule has 1 saturated carbocycles. The number of nitrogens with zero attached hydrogens (tertiary/aromatic N) is 1. The average molecular weight is 321 g/mol. The Kier molecular flexibility index (Phi) is 3.41. The van der Waals surface area contributed by atoms with Gasteiger partial charge >= 0.3 is 0 Å². The van der Waals surface area contributed by atoms with Crippen LogP contribution < -0.4 is 9.62 Å². The lowest BCUT2D eigenvalue weighted by Gasteiger charge is -2.36. The Balaban J connectivity index is 2.12. The maximum absolute atomic E-state index is 12.1. The Morgan fingerprint density at radius 3 is 2.47 bits per heavy atom. The Labute approximate surface area is 122 Å². The topological polar surface area (TPSA) is 49.4 Å². The van der Waals surface area contributed by atoms with Crippen LogP contribution in [0.5, 0.6) is 0 Å². The third-order valence-corrected chi connectivity index (χ3v) is 5.93. The first-order valence-electron chi connectivity index (χ1n) is 6.24. The van der Waals surface area contributed by atoms with Gasteiger partial charge in [-0.05, 0) is 25.0 Å². The van der Waals surface area contributed by atoms with E-state index in [9.17, 15) is 8.42 Å². The molecule has 0 saturated heterocycles. The van der Waals surface area contributed by atoms with Crippen molar-refractivity contribution in [2.75, 3.05) is 11.6 Å². The molecule has 1 heterocycles. The number of nitrogens with one attached hydrogen (secondary N) is 1. The summed E-state index contributed by atoms with van der Waals surface area (Å²) in [4.78, 5) is 2.31. The third kappa shape index (κ3) is 2.33. The summed E-state index contributed by atoms with van der Waals surface area (Å²) in [5.74, 6) is 0. The molecule has 1 aliphatic heterocycles. The van der Waals surface area contributed by atoms with Crippen LogP contribution in [0, 0.1) is 0 Å². The molecule has 3 rings (SSSR count). The highest BCUT2D eigenvalue weighted by molar-refractivity contribution is 7.89. The third-order valence-electron chi connectivity index (χ3n) is 3.79. The monoisotopic (exact) mass is 320 g/mol. The molecule has 1 fully saturated rings. The molecule has 19 heavy (non-hydrogen) atoms. The molecule has 0 aromatic heterocycles. The van der Waals surface area contributed by atoms with Gasteiger partial charge in [0.1, 0.15) is 4.90 Å². The minimum absolute atomic E-state index is 0.222. The van der Waals surface area contributed by atoms with Crippen LogP contribution in [-0.4, -0.2) is 21.1 Å². The van der Waals surface area contributed by atoms with E-state index in [1.54, 1.807) is 6.07 Å². The molecule has 2 aliphatic rings. The van der Waals surface area contributed by atoms with Crippen LogP contribution in [0.2, 0.25) is 10.0 Å². The van der Waals surface area contributed by atoms with Crippen LogP contribution in [0.15, 0.2) is 17.0 Å². The SMILES string of the molecule is O=S1(=O)NCN(C2CCCC2)c2cc(Cl)c(Cl)cc21. The fraction of sp³-hybridized carbons (Fsp3) is 0.500. The first-order valence-corrected chi connectivity index (χ1v) is 8.48. The predicted octanol–water partition coefficient (Wildman–Crippen LogP) is 2.99. The maximum Gasteiger partial charge on any atom is 0.244 e. The number of sulfonamides is 1. The fourth-order valence-corrected chi connectivity index (χ4v) is 4.39. The van der Waals surface area contributed by atoms with Crippen molar-refractivity contribution in [3.8, 4) is 0 Å². The molecule has 7 heteroatoms. The number of hydrogen-bond acceptors (Lipinski definition) is 3. The quantitative estimate of drug-likeness (QED) is 0.865. The number of rotatable bonds is 1. The fourth-order valence-electron chi connectivity index (χ4n) is 2.82. The Morgan fingerprint density at radius 2 is 1.79 bits per heavy atom. The second kappa shape index (κ2) is 4.81. The number of fused-ring (bicyclic) bond motifs is 1. The lowest BCUT2D eigenvalue weighted by atomic mass is 10.2. The summed E-state index contributed by atoms with van der Waals surface area (Å²) < 4.78 is 26.7. The van der Waals surface area contributed by atoms with Crippen molar-refractivity contribution in [3.63, 3.8) is 0 Å². The first kappa shape index (κ1) is 13.5. The molecule has 0 unspecified atom stereocenters. The summed E-state index contributed by atoms with van der Waals surface area (Å²) in [6.45, 7) is 0.304. The highest BCUT2D eigenvalue weighted by Crippen LogP contribution is 2.39. The lowest BCUT2D eigenvalue weighted by molar-refractivity contribution is 0.544. The van der Waals surface area contributed by atoms with Crippen LogP contribution in [0.4, 0.5) is 5.69 Å². The number of halogens is 2. The summed E-state index contributed by atoms with van der Waals surface area (Å²) in [6.07, 6.45) is 4.54. The molecule has 0 radical (unpaired) electrons. The van der Waals surface area contributed by atoms with Gasteiger partial charge in [0.25, 0.3) is 0 Å². The normalized spacial score (nSPS) is 22.5. The van der Waals surface area contributed by atoms with Crippen molar-refractivity contribution in [3.05, 3.63) is 22.2 Å². The van der Waals surface area contributed by atoms with Gasteiger partial charge in [0, 0.05) is 6.04 Å². The van der Waals surface area contributed by atoms with Gasteiger partial charge in [-0.25, -0.2) is 8.42 Å². The van der Waals surface area contributed by atoms with E-state index in [-0.39, 0.29) is 9.92 Å². The van der Waals surface area contributed by atoms with Crippen molar-refractivity contribution in [2.24, 2.45) is 0 Å². The molecular formula is C12H14Cl2N2O2S. The van der Waals surface area contributed by atoms with E-state index in [2.05, 4.69) is 9.62 Å². The zero-order valence-electron chi connectivity index (χ0n) is 10.2. The summed E-state index contributed by atoms with van der Waals surface area (Å²) in [6, 6.07) is 3.47. The Morgan fingerprint density at radius 1 is 1.16 bits per heavy atom. The van der Waals surface area contributed by atoms with Gasteiger partial charge in [0.2, 0.25) is 10.0 Å². The van der Waals surface area contributed by atoms with Gasteiger partial charge in [-0.1, -0.05) is 36.0 Å². The maximum atomic E-state index is 12.1. The van der Waals surface area contributed by atoms with Gasteiger partial charge in [-0.3, -0.25) is 0 Å². The highest BCUT2D eigenvalue weighted by atomic mass is 35.5. The minimum atomic E-state index is -3.48. The molecule has 0 atom stereocenters. The summed E-state index contributed by atoms with van der Waals surface area (Å²) in [5.41, 5.74) is 0.667. The molecule has 0 bridgehead atoms. The van der Waals surface area contributed by atoms with Gasteiger partial charge in [-0.15, -0.1) is 0 Å². The van der Waals surface area contributed by atoms with E-state index in [1.165, 1.54) is 18.9 Å². The van der Waals surface area contributed by atoms with E-state index in [1.807, 2.05) is 0 Å². The zero-order chi connectivity index (χ0) is 13.6. The molecule has 1 aromatic carbocycles. The largest absolute Gasteiger partial charge is 0.354 e. The van der Waals surface area contributed by atoms with Crippen LogP contribution in [0.3, 0.4) is 0 Å². The van der Waals surface area contributed by atoms with Crippen LogP contribution in [-0.2, 0) is 10.0 Å². The summed E-state index contributed by atoms with van der Waals surface area (Å²) in [7, 11) is -3.48. The molecule has 104 valence electrons. The van der Waals surface area contributed by atoms with Crippen LogP contribution in [0.25, 0.3) is 0 Å². The Bertz CT molecular complexity index is 612. The second-order valence-corrected chi connectivity index (χ2v) is 7.50. The molecule has 1 aliphatic carbocycles. The van der Waals surface area contributed by atoms with Gasteiger partial charge in [0.05, 0.1) is 22.4 Å². The number of hydrogen-bond donors (Lipinski definition) is 1. The van der Waals surface area contributed by atoms with E-state index in [0.29, 0.717) is 23.4 Å².